The molecule has 1 amide bonds. The molecule has 6 nitrogen and oxygen atoms in total. The van der Waals surface area contributed by atoms with E-state index in [0.717, 1.165) is 9.87 Å². The molecule has 2 aromatic rings. The van der Waals surface area contributed by atoms with Gasteiger partial charge in [0.05, 0.1) is 4.90 Å². The number of rotatable bonds is 4. The van der Waals surface area contributed by atoms with Crippen molar-refractivity contribution in [2.75, 3.05) is 27.2 Å². The van der Waals surface area contributed by atoms with E-state index in [9.17, 15) is 13.2 Å². The number of hydrogen-bond donors (Lipinski definition) is 1. The molecule has 0 radical (unpaired) electrons. The summed E-state index contributed by atoms with van der Waals surface area (Å²) in [7, 11) is -0.651. The van der Waals surface area contributed by atoms with Crippen molar-refractivity contribution in [1.29, 1.82) is 0 Å². The third kappa shape index (κ3) is 4.32. The van der Waals surface area contributed by atoms with Crippen molar-refractivity contribution in [1.82, 2.24) is 9.21 Å². The van der Waals surface area contributed by atoms with Gasteiger partial charge in [-0.05, 0) is 23.8 Å². The second kappa shape index (κ2) is 8.39. The second-order valence-corrected chi connectivity index (χ2v) is 8.86. The first-order chi connectivity index (χ1) is 12.3. The number of hydrogen-bond acceptors (Lipinski definition) is 4. The number of carbonyl (C=O) groups excluding carboxylic acids is 1. The van der Waals surface area contributed by atoms with Gasteiger partial charge in [-0.25, -0.2) is 12.7 Å². The molecule has 0 bridgehead atoms. The molecule has 2 N–H and O–H groups in total. The average Bonchev–Trinajstić information content (AvgIpc) is 3.03. The maximum absolute atomic E-state index is 12.9. The van der Waals surface area contributed by atoms with Crippen LogP contribution in [0.3, 0.4) is 0 Å². The highest BCUT2D eigenvalue weighted by molar-refractivity contribution is 7.89. The molecular formula is C19H24ClN3O3S. The number of carbonyl (C=O) groups is 1. The predicted molar refractivity (Wildman–Crippen MR) is 108 cm³/mol. The molecule has 27 heavy (non-hydrogen) atoms. The average molecular weight is 410 g/mol. The van der Waals surface area contributed by atoms with E-state index >= 15 is 0 Å². The number of benzene rings is 2. The van der Waals surface area contributed by atoms with Gasteiger partial charge in [-0.3, -0.25) is 4.79 Å². The monoisotopic (exact) mass is 409 g/mol. The van der Waals surface area contributed by atoms with Crippen molar-refractivity contribution in [2.24, 2.45) is 5.73 Å². The molecule has 1 aliphatic heterocycles. The van der Waals surface area contributed by atoms with E-state index in [0.29, 0.717) is 18.7 Å². The van der Waals surface area contributed by atoms with Crippen LogP contribution >= 0.6 is 12.4 Å². The van der Waals surface area contributed by atoms with E-state index in [1.807, 2.05) is 30.3 Å². The van der Waals surface area contributed by atoms with Gasteiger partial charge < -0.3 is 10.6 Å². The van der Waals surface area contributed by atoms with Crippen molar-refractivity contribution in [3.8, 4) is 0 Å². The van der Waals surface area contributed by atoms with Crippen LogP contribution in [0.15, 0.2) is 59.5 Å². The van der Waals surface area contributed by atoms with Crippen molar-refractivity contribution >= 4 is 28.3 Å². The minimum absolute atomic E-state index is 0. The lowest BCUT2D eigenvalue weighted by Gasteiger charge is -2.18. The van der Waals surface area contributed by atoms with Crippen LogP contribution in [-0.2, 0) is 10.0 Å². The lowest BCUT2D eigenvalue weighted by atomic mass is 9.95. The molecule has 0 saturated carbocycles. The largest absolute Gasteiger partial charge is 0.336 e. The maximum atomic E-state index is 12.9. The Kier molecular flexibility index (Phi) is 6.64. The summed E-state index contributed by atoms with van der Waals surface area (Å²) in [6.45, 7) is 0.970. The first-order valence-electron chi connectivity index (χ1n) is 8.43. The summed E-state index contributed by atoms with van der Waals surface area (Å²) >= 11 is 0. The minimum atomic E-state index is -3.58. The maximum Gasteiger partial charge on any atom is 0.253 e. The van der Waals surface area contributed by atoms with Gasteiger partial charge in [0.1, 0.15) is 0 Å². The summed E-state index contributed by atoms with van der Waals surface area (Å²) in [6, 6.07) is 15.9. The molecule has 0 aliphatic carbocycles. The molecule has 146 valence electrons. The number of nitrogens with two attached hydrogens (primary N) is 1. The molecule has 1 saturated heterocycles. The highest BCUT2D eigenvalue weighted by Gasteiger charge is 2.34. The summed E-state index contributed by atoms with van der Waals surface area (Å²) in [4.78, 5) is 14.7. The highest BCUT2D eigenvalue weighted by atomic mass is 35.5. The molecule has 0 unspecified atom stereocenters. The van der Waals surface area contributed by atoms with Gasteiger partial charge in [0.2, 0.25) is 10.0 Å². The van der Waals surface area contributed by atoms with E-state index in [1.54, 1.807) is 17.0 Å². The molecule has 1 aliphatic rings. The van der Waals surface area contributed by atoms with Gasteiger partial charge in [0, 0.05) is 44.7 Å². The number of amides is 1. The van der Waals surface area contributed by atoms with Crippen LogP contribution in [0.1, 0.15) is 21.8 Å². The molecule has 1 heterocycles. The molecule has 8 heteroatoms. The predicted octanol–water partition coefficient (Wildman–Crippen LogP) is 1.93. The summed E-state index contributed by atoms with van der Waals surface area (Å²) in [5, 5.41) is 0. The van der Waals surface area contributed by atoms with Crippen molar-refractivity contribution in [3.05, 3.63) is 65.7 Å². The standard InChI is InChI=1S/C19H23N3O3S.ClH/c1-21(2)26(24,25)16-10-6-9-15(11-16)19(23)22-12-17(18(20)13-22)14-7-4-3-5-8-14;/h3-11,17-18H,12-13,20H2,1-2H3;1H/t17-,18+;/m0./s1. The zero-order valence-corrected chi connectivity index (χ0v) is 16.9. The van der Waals surface area contributed by atoms with Crippen molar-refractivity contribution in [2.45, 2.75) is 16.9 Å². The Hall–Kier alpha value is -1.93. The van der Waals surface area contributed by atoms with Gasteiger partial charge in [0.15, 0.2) is 0 Å². The first-order valence-corrected chi connectivity index (χ1v) is 9.87. The Bertz CT molecular complexity index is 903. The molecular weight excluding hydrogens is 386 g/mol. The quantitative estimate of drug-likeness (QED) is 0.836. The van der Waals surface area contributed by atoms with Crippen LogP contribution in [0.4, 0.5) is 0 Å². The smallest absolute Gasteiger partial charge is 0.253 e. The summed E-state index contributed by atoms with van der Waals surface area (Å²) < 4.78 is 25.7. The van der Waals surface area contributed by atoms with Gasteiger partial charge in [-0.2, -0.15) is 0 Å². The molecule has 0 aromatic heterocycles. The van der Waals surface area contributed by atoms with E-state index in [2.05, 4.69) is 0 Å². The second-order valence-electron chi connectivity index (χ2n) is 6.71. The van der Waals surface area contributed by atoms with Crippen LogP contribution in [0.25, 0.3) is 0 Å². The van der Waals surface area contributed by atoms with Crippen LogP contribution in [-0.4, -0.2) is 56.8 Å². The van der Waals surface area contributed by atoms with Gasteiger partial charge >= 0.3 is 0 Å². The zero-order valence-electron chi connectivity index (χ0n) is 15.3. The van der Waals surface area contributed by atoms with Crippen LogP contribution in [0, 0.1) is 0 Å². The number of halogens is 1. The van der Waals surface area contributed by atoms with Crippen molar-refractivity contribution < 1.29 is 13.2 Å². The zero-order chi connectivity index (χ0) is 18.9. The normalized spacial score (nSPS) is 19.8. The summed E-state index contributed by atoms with van der Waals surface area (Å²) in [6.07, 6.45) is 0. The van der Waals surface area contributed by atoms with Gasteiger partial charge in [0.25, 0.3) is 5.91 Å². The minimum Gasteiger partial charge on any atom is -0.336 e. The Labute approximate surface area is 166 Å². The molecule has 2 aromatic carbocycles. The fourth-order valence-electron chi connectivity index (χ4n) is 3.23. The van der Waals surface area contributed by atoms with Crippen LogP contribution in [0.5, 0.6) is 0 Å². The fourth-order valence-corrected chi connectivity index (χ4v) is 4.18. The third-order valence-electron chi connectivity index (χ3n) is 4.74. The summed E-state index contributed by atoms with van der Waals surface area (Å²) in [5.74, 6) is -0.122. The van der Waals surface area contributed by atoms with E-state index < -0.39 is 10.0 Å². The lowest BCUT2D eigenvalue weighted by molar-refractivity contribution is 0.0789. The van der Waals surface area contributed by atoms with E-state index in [-0.39, 0.29) is 35.2 Å². The molecule has 0 spiro atoms. The number of likely N-dealkylation sites (tertiary alicyclic amines) is 1. The van der Waals surface area contributed by atoms with E-state index in [1.165, 1.54) is 26.2 Å². The topological polar surface area (TPSA) is 83.7 Å². The lowest BCUT2D eigenvalue weighted by Crippen LogP contribution is -2.32. The Morgan fingerprint density at radius 3 is 2.37 bits per heavy atom. The third-order valence-corrected chi connectivity index (χ3v) is 6.55. The highest BCUT2D eigenvalue weighted by Crippen LogP contribution is 2.27. The van der Waals surface area contributed by atoms with Crippen LogP contribution in [0.2, 0.25) is 0 Å². The summed E-state index contributed by atoms with van der Waals surface area (Å²) in [5.41, 5.74) is 7.73. The Morgan fingerprint density at radius 2 is 1.74 bits per heavy atom. The molecule has 1 fully saturated rings. The Balaban J connectivity index is 0.00000261. The molecule has 2 atom stereocenters. The fraction of sp³-hybridized carbons (Fsp3) is 0.316. The van der Waals surface area contributed by atoms with Crippen LogP contribution < -0.4 is 5.73 Å². The number of nitrogens with zero attached hydrogens (tertiary/aromatic N) is 2. The van der Waals surface area contributed by atoms with Gasteiger partial charge in [-0.1, -0.05) is 36.4 Å². The first kappa shape index (κ1) is 21.4. The number of sulfonamides is 1. The van der Waals surface area contributed by atoms with Gasteiger partial charge in [-0.15, -0.1) is 12.4 Å². The molecule has 3 rings (SSSR count). The van der Waals surface area contributed by atoms with Crippen molar-refractivity contribution in [3.63, 3.8) is 0 Å². The Morgan fingerprint density at radius 1 is 1.07 bits per heavy atom. The SMILES string of the molecule is CN(C)S(=O)(=O)c1cccc(C(=O)N2C[C@@H](N)[C@H](c3ccccc3)C2)c1.Cl. The van der Waals surface area contributed by atoms with E-state index in [4.69, 9.17) is 5.73 Å².